The van der Waals surface area contributed by atoms with Crippen LogP contribution >= 0.6 is 0 Å². The summed E-state index contributed by atoms with van der Waals surface area (Å²) in [5.74, 6) is -0.844. The number of phenolic OH excluding ortho intramolecular Hbond substituents is 1. The number of nitrogens with one attached hydrogen (secondary N) is 2. The molecule has 0 spiro atoms. The van der Waals surface area contributed by atoms with Crippen molar-refractivity contribution in [2.24, 2.45) is 0 Å². The first kappa shape index (κ1) is 32.7. The molecule has 0 radical (unpaired) electrons. The number of para-hydroxylation sites is 1. The Morgan fingerprint density at radius 3 is 2.17 bits per heavy atom. The third-order valence-electron chi connectivity index (χ3n) is 6.43. The van der Waals surface area contributed by atoms with Crippen LogP contribution in [0.2, 0.25) is 0 Å². The quantitative estimate of drug-likeness (QED) is 0.238. The highest BCUT2D eigenvalue weighted by Crippen LogP contribution is 2.30. The van der Waals surface area contributed by atoms with E-state index in [0.29, 0.717) is 25.1 Å². The van der Waals surface area contributed by atoms with Crippen LogP contribution in [0.1, 0.15) is 90.3 Å². The van der Waals surface area contributed by atoms with E-state index in [-0.39, 0.29) is 18.1 Å². The fraction of sp³-hybridized carbons (Fsp3) is 0.531. The predicted molar refractivity (Wildman–Crippen MR) is 158 cm³/mol. The van der Waals surface area contributed by atoms with Gasteiger partial charge in [0.05, 0.1) is 0 Å². The predicted octanol–water partition coefficient (Wildman–Crippen LogP) is 5.89. The molecule has 8 nitrogen and oxygen atoms in total. The number of carbonyl (C=O) groups excluding carboxylic acids is 3. The first-order chi connectivity index (χ1) is 19.1. The lowest BCUT2D eigenvalue weighted by atomic mass is 9.99. The van der Waals surface area contributed by atoms with Crippen molar-refractivity contribution in [3.63, 3.8) is 0 Å². The number of alkyl carbamates (subject to hydrolysis) is 1. The Kier molecular flexibility index (Phi) is 13.5. The Morgan fingerprint density at radius 1 is 0.900 bits per heavy atom. The number of hydrogen-bond acceptors (Lipinski definition) is 5. The van der Waals surface area contributed by atoms with Gasteiger partial charge in [0.2, 0.25) is 11.8 Å². The first-order valence-corrected chi connectivity index (χ1v) is 14.5. The number of amides is 3. The normalized spacial score (nSPS) is 12.7. The summed E-state index contributed by atoms with van der Waals surface area (Å²) >= 11 is 0. The van der Waals surface area contributed by atoms with Gasteiger partial charge in [-0.3, -0.25) is 9.59 Å². The highest BCUT2D eigenvalue weighted by molar-refractivity contribution is 5.92. The molecule has 0 aliphatic carbocycles. The molecular formula is C32H47N3O5. The molecule has 2 aromatic rings. The molecule has 8 heteroatoms. The fourth-order valence-electron chi connectivity index (χ4n) is 4.43. The molecule has 220 valence electrons. The molecule has 0 aliphatic rings. The number of hydrogen-bond donors (Lipinski definition) is 3. The van der Waals surface area contributed by atoms with E-state index in [9.17, 15) is 19.5 Å². The molecule has 0 bridgehead atoms. The van der Waals surface area contributed by atoms with Gasteiger partial charge < -0.3 is 25.4 Å². The molecule has 40 heavy (non-hydrogen) atoms. The molecule has 2 unspecified atom stereocenters. The van der Waals surface area contributed by atoms with E-state index in [2.05, 4.69) is 17.6 Å². The Labute approximate surface area is 239 Å². The largest absolute Gasteiger partial charge is 0.508 e. The maximum Gasteiger partial charge on any atom is 0.408 e. The third kappa shape index (κ3) is 10.9. The van der Waals surface area contributed by atoms with Gasteiger partial charge in [-0.2, -0.15) is 0 Å². The maximum absolute atomic E-state index is 14.4. The number of nitrogens with zero attached hydrogens (tertiary/aromatic N) is 1. The van der Waals surface area contributed by atoms with E-state index in [4.69, 9.17) is 4.74 Å². The zero-order valence-corrected chi connectivity index (χ0v) is 24.7. The van der Waals surface area contributed by atoms with Crippen LogP contribution in [0.3, 0.4) is 0 Å². The summed E-state index contributed by atoms with van der Waals surface area (Å²) in [5.41, 5.74) is 0.451. The van der Waals surface area contributed by atoms with Crippen LogP contribution in [-0.2, 0) is 20.7 Å². The minimum Gasteiger partial charge on any atom is -0.508 e. The van der Waals surface area contributed by atoms with Crippen LogP contribution in [0, 0.1) is 0 Å². The van der Waals surface area contributed by atoms with Gasteiger partial charge in [0.25, 0.3) is 0 Å². The monoisotopic (exact) mass is 553 g/mol. The lowest BCUT2D eigenvalue weighted by molar-refractivity contribution is -0.142. The summed E-state index contributed by atoms with van der Waals surface area (Å²) in [5, 5.41) is 16.5. The lowest BCUT2D eigenvalue weighted by Gasteiger charge is -2.35. The van der Waals surface area contributed by atoms with Gasteiger partial charge in [0, 0.05) is 25.1 Å². The smallest absolute Gasteiger partial charge is 0.408 e. The first-order valence-electron chi connectivity index (χ1n) is 14.5. The SMILES string of the molecule is CCCCCCN(C(=O)C(Cc1ccccc1)NC(=O)OC(C)(C)C)C(C(=O)NCCCC)c1ccccc1O. The summed E-state index contributed by atoms with van der Waals surface area (Å²) in [4.78, 5) is 42.4. The van der Waals surface area contributed by atoms with Crippen molar-refractivity contribution in [1.29, 1.82) is 0 Å². The fourth-order valence-corrected chi connectivity index (χ4v) is 4.43. The van der Waals surface area contributed by atoms with Crippen LogP contribution in [0.15, 0.2) is 54.6 Å². The lowest BCUT2D eigenvalue weighted by Crippen LogP contribution is -2.54. The Balaban J connectivity index is 2.53. The molecule has 0 saturated carbocycles. The van der Waals surface area contributed by atoms with Gasteiger partial charge in [-0.15, -0.1) is 0 Å². The Hall–Kier alpha value is -3.55. The van der Waals surface area contributed by atoms with Crippen molar-refractivity contribution < 1.29 is 24.2 Å². The van der Waals surface area contributed by atoms with Crippen molar-refractivity contribution in [3.8, 4) is 5.75 Å². The molecule has 0 saturated heterocycles. The molecule has 0 aliphatic heterocycles. The standard InChI is InChI=1S/C32H47N3O5/c1-6-8-10-16-22-35(28(29(37)33-21-9-7-2)25-19-14-15-20-27(25)36)30(38)26(23-24-17-12-11-13-18-24)34-31(39)40-32(3,4)5/h11-15,17-20,26,28,36H,6-10,16,21-23H2,1-5H3,(H,33,37)(H,34,39). The molecular weight excluding hydrogens is 506 g/mol. The highest BCUT2D eigenvalue weighted by atomic mass is 16.6. The number of ether oxygens (including phenoxy) is 1. The van der Waals surface area contributed by atoms with Gasteiger partial charge in [0.1, 0.15) is 23.4 Å². The molecule has 0 aromatic heterocycles. The van der Waals surface area contributed by atoms with Gasteiger partial charge in [-0.25, -0.2) is 4.79 Å². The second-order valence-electron chi connectivity index (χ2n) is 11.1. The second kappa shape index (κ2) is 16.5. The van der Waals surface area contributed by atoms with Crippen molar-refractivity contribution in [1.82, 2.24) is 15.5 Å². The van der Waals surface area contributed by atoms with Crippen LogP contribution in [-0.4, -0.2) is 52.6 Å². The van der Waals surface area contributed by atoms with Crippen molar-refractivity contribution >= 4 is 17.9 Å². The number of carbonyl (C=O) groups is 3. The zero-order chi connectivity index (χ0) is 29.5. The molecule has 3 amide bonds. The van der Waals surface area contributed by atoms with E-state index < -0.39 is 29.7 Å². The molecule has 3 N–H and O–H groups in total. The Morgan fingerprint density at radius 2 is 1.55 bits per heavy atom. The molecule has 0 heterocycles. The van der Waals surface area contributed by atoms with Gasteiger partial charge in [-0.05, 0) is 45.2 Å². The molecule has 0 fully saturated rings. The summed E-state index contributed by atoms with van der Waals surface area (Å²) < 4.78 is 5.49. The summed E-state index contributed by atoms with van der Waals surface area (Å²) in [6.45, 7) is 10.2. The second-order valence-corrected chi connectivity index (χ2v) is 11.1. The molecule has 2 atom stereocenters. The minimum atomic E-state index is -1.06. The molecule has 2 aromatic carbocycles. The third-order valence-corrected chi connectivity index (χ3v) is 6.43. The number of unbranched alkanes of at least 4 members (excludes halogenated alkanes) is 4. The van der Waals surface area contributed by atoms with Crippen molar-refractivity contribution in [3.05, 3.63) is 65.7 Å². The summed E-state index contributed by atoms with van der Waals surface area (Å²) in [6, 6.07) is 14.0. The van der Waals surface area contributed by atoms with Crippen LogP contribution in [0.4, 0.5) is 4.79 Å². The van der Waals surface area contributed by atoms with E-state index in [1.165, 1.54) is 11.0 Å². The number of benzene rings is 2. The van der Waals surface area contributed by atoms with E-state index in [0.717, 1.165) is 37.7 Å². The van der Waals surface area contributed by atoms with Crippen LogP contribution in [0.5, 0.6) is 5.75 Å². The average Bonchev–Trinajstić information content (AvgIpc) is 2.90. The average molecular weight is 554 g/mol. The summed E-state index contributed by atoms with van der Waals surface area (Å²) in [6.07, 6.45) is 4.78. The minimum absolute atomic E-state index is 0.0655. The number of aromatic hydroxyl groups is 1. The molecule has 2 rings (SSSR count). The van der Waals surface area contributed by atoms with Gasteiger partial charge in [-0.1, -0.05) is 88.1 Å². The number of phenols is 1. The van der Waals surface area contributed by atoms with Crippen LogP contribution in [0.25, 0.3) is 0 Å². The number of rotatable bonds is 15. The van der Waals surface area contributed by atoms with Crippen LogP contribution < -0.4 is 10.6 Å². The van der Waals surface area contributed by atoms with Gasteiger partial charge in [0.15, 0.2) is 0 Å². The topological polar surface area (TPSA) is 108 Å². The zero-order valence-electron chi connectivity index (χ0n) is 24.7. The van der Waals surface area contributed by atoms with E-state index in [1.54, 1.807) is 39.0 Å². The summed E-state index contributed by atoms with van der Waals surface area (Å²) in [7, 11) is 0. The van der Waals surface area contributed by atoms with E-state index in [1.807, 2.05) is 37.3 Å². The maximum atomic E-state index is 14.4. The Bertz CT molecular complexity index is 1070. The van der Waals surface area contributed by atoms with Crippen molar-refractivity contribution in [2.75, 3.05) is 13.1 Å². The van der Waals surface area contributed by atoms with Crippen molar-refractivity contribution in [2.45, 2.75) is 97.2 Å². The van der Waals surface area contributed by atoms with E-state index >= 15 is 0 Å². The highest BCUT2D eigenvalue weighted by Gasteiger charge is 2.37. The van der Waals surface area contributed by atoms with Gasteiger partial charge >= 0.3 is 6.09 Å².